The van der Waals surface area contributed by atoms with E-state index in [1.165, 1.54) is 4.68 Å². The standard InChI is InChI=1S/C16H19Cl2N5O/c1-9-20-15(16(24)21-13-7-2-4-10(13)8-19)22-23(9)14-11(17)5-3-6-12(14)18/h3,5-6,10,13H,2,4,7-8,19H2,1H3,(H,21,24). The van der Waals surface area contributed by atoms with Crippen LogP contribution in [-0.4, -0.2) is 33.3 Å². The summed E-state index contributed by atoms with van der Waals surface area (Å²) in [5, 5.41) is 8.17. The number of amides is 1. The molecule has 1 heterocycles. The number of aryl methyl sites for hydroxylation is 1. The zero-order valence-corrected chi connectivity index (χ0v) is 14.8. The molecule has 0 bridgehead atoms. The van der Waals surface area contributed by atoms with Crippen molar-refractivity contribution in [2.24, 2.45) is 11.7 Å². The van der Waals surface area contributed by atoms with Crippen molar-refractivity contribution in [1.82, 2.24) is 20.1 Å². The summed E-state index contributed by atoms with van der Waals surface area (Å²) in [6.45, 7) is 2.32. The molecule has 128 valence electrons. The molecule has 0 radical (unpaired) electrons. The summed E-state index contributed by atoms with van der Waals surface area (Å²) in [7, 11) is 0. The van der Waals surface area contributed by atoms with Crippen molar-refractivity contribution in [1.29, 1.82) is 0 Å². The first kappa shape index (κ1) is 17.2. The lowest BCUT2D eigenvalue weighted by Crippen LogP contribution is -2.40. The number of nitrogens with two attached hydrogens (primary N) is 1. The largest absolute Gasteiger partial charge is 0.346 e. The van der Waals surface area contributed by atoms with Gasteiger partial charge in [-0.05, 0) is 44.4 Å². The lowest BCUT2D eigenvalue weighted by atomic mass is 10.0. The number of rotatable bonds is 4. The third-order valence-corrected chi connectivity index (χ3v) is 5.01. The molecule has 1 aliphatic carbocycles. The van der Waals surface area contributed by atoms with E-state index in [1.807, 2.05) is 0 Å². The SMILES string of the molecule is Cc1nc(C(=O)NC2CCCC2CN)nn1-c1c(Cl)cccc1Cl. The molecule has 1 saturated carbocycles. The number of carbonyl (C=O) groups is 1. The summed E-state index contributed by atoms with van der Waals surface area (Å²) in [6.07, 6.45) is 3.05. The molecule has 0 saturated heterocycles. The smallest absolute Gasteiger partial charge is 0.291 e. The van der Waals surface area contributed by atoms with Crippen molar-refractivity contribution >= 4 is 29.1 Å². The van der Waals surface area contributed by atoms with Gasteiger partial charge in [0.15, 0.2) is 0 Å². The Morgan fingerprint density at radius 1 is 1.38 bits per heavy atom. The summed E-state index contributed by atoms with van der Waals surface area (Å²) in [5.74, 6) is 0.656. The molecule has 2 atom stereocenters. The van der Waals surface area contributed by atoms with Gasteiger partial charge in [-0.15, -0.1) is 5.10 Å². The maximum atomic E-state index is 12.5. The second-order valence-electron chi connectivity index (χ2n) is 5.97. The van der Waals surface area contributed by atoms with Crippen molar-refractivity contribution in [2.75, 3.05) is 6.54 Å². The van der Waals surface area contributed by atoms with Crippen molar-refractivity contribution in [3.05, 3.63) is 39.9 Å². The quantitative estimate of drug-likeness (QED) is 0.869. The van der Waals surface area contributed by atoms with Gasteiger partial charge in [0, 0.05) is 6.04 Å². The predicted molar refractivity (Wildman–Crippen MR) is 93.8 cm³/mol. The second-order valence-corrected chi connectivity index (χ2v) is 6.79. The maximum absolute atomic E-state index is 12.5. The van der Waals surface area contributed by atoms with Gasteiger partial charge in [-0.25, -0.2) is 9.67 Å². The second kappa shape index (κ2) is 7.09. The molecule has 1 fully saturated rings. The van der Waals surface area contributed by atoms with Crippen molar-refractivity contribution < 1.29 is 4.79 Å². The highest BCUT2D eigenvalue weighted by molar-refractivity contribution is 6.37. The fourth-order valence-electron chi connectivity index (χ4n) is 3.13. The third-order valence-electron chi connectivity index (χ3n) is 4.40. The number of halogens is 2. The van der Waals surface area contributed by atoms with Crippen molar-refractivity contribution in [2.45, 2.75) is 32.2 Å². The van der Waals surface area contributed by atoms with Gasteiger partial charge < -0.3 is 11.1 Å². The van der Waals surface area contributed by atoms with Gasteiger partial charge in [-0.1, -0.05) is 35.7 Å². The zero-order valence-electron chi connectivity index (χ0n) is 13.3. The van der Waals surface area contributed by atoms with E-state index < -0.39 is 0 Å². The minimum Gasteiger partial charge on any atom is -0.346 e. The molecule has 0 spiro atoms. The summed E-state index contributed by atoms with van der Waals surface area (Å²) >= 11 is 12.4. The minimum absolute atomic E-state index is 0.0821. The molecule has 8 heteroatoms. The number of benzene rings is 1. The van der Waals surface area contributed by atoms with Gasteiger partial charge in [0.25, 0.3) is 5.91 Å². The van der Waals surface area contributed by atoms with Gasteiger partial charge in [0.1, 0.15) is 11.5 Å². The minimum atomic E-state index is -0.301. The predicted octanol–water partition coefficient (Wildman–Crippen LogP) is 2.74. The van der Waals surface area contributed by atoms with Crippen LogP contribution < -0.4 is 11.1 Å². The number of hydrogen-bond donors (Lipinski definition) is 2. The Bertz CT molecular complexity index is 741. The van der Waals surface area contributed by atoms with Gasteiger partial charge in [0.2, 0.25) is 5.82 Å². The van der Waals surface area contributed by atoms with Crippen molar-refractivity contribution in [3.8, 4) is 5.69 Å². The topological polar surface area (TPSA) is 85.8 Å². The number of aromatic nitrogens is 3. The molecular weight excluding hydrogens is 349 g/mol. The molecule has 3 rings (SSSR count). The van der Waals surface area contributed by atoms with E-state index in [-0.39, 0.29) is 17.8 Å². The summed E-state index contributed by atoms with van der Waals surface area (Å²) < 4.78 is 1.49. The third kappa shape index (κ3) is 3.27. The van der Waals surface area contributed by atoms with Crippen LogP contribution in [0.25, 0.3) is 5.69 Å². The molecule has 1 amide bonds. The average molecular weight is 368 g/mol. The first-order valence-electron chi connectivity index (χ1n) is 7.90. The Balaban J connectivity index is 1.85. The molecule has 1 aliphatic rings. The van der Waals surface area contributed by atoms with Gasteiger partial charge in [-0.2, -0.15) is 0 Å². The molecule has 6 nitrogen and oxygen atoms in total. The molecule has 24 heavy (non-hydrogen) atoms. The Morgan fingerprint density at radius 3 is 2.75 bits per heavy atom. The highest BCUT2D eigenvalue weighted by Gasteiger charge is 2.29. The summed E-state index contributed by atoms with van der Waals surface area (Å²) in [6, 6.07) is 5.27. The van der Waals surface area contributed by atoms with E-state index in [4.69, 9.17) is 28.9 Å². The highest BCUT2D eigenvalue weighted by atomic mass is 35.5. The molecule has 1 aromatic carbocycles. The van der Waals surface area contributed by atoms with E-state index >= 15 is 0 Å². The normalized spacial score (nSPS) is 20.3. The highest BCUT2D eigenvalue weighted by Crippen LogP contribution is 2.29. The monoisotopic (exact) mass is 367 g/mol. The number of hydrogen-bond acceptors (Lipinski definition) is 4. The molecule has 3 N–H and O–H groups in total. The van der Waals surface area contributed by atoms with Gasteiger partial charge in [0.05, 0.1) is 10.0 Å². The van der Waals surface area contributed by atoms with Crippen LogP contribution in [0.1, 0.15) is 35.7 Å². The number of para-hydroxylation sites is 1. The van der Waals surface area contributed by atoms with Crippen LogP contribution in [0.3, 0.4) is 0 Å². The number of carbonyl (C=O) groups excluding carboxylic acids is 1. The molecule has 2 aromatic rings. The lowest BCUT2D eigenvalue weighted by molar-refractivity contribution is 0.0918. The number of nitrogens with zero attached hydrogens (tertiary/aromatic N) is 3. The molecular formula is C16H19Cl2N5O. The van der Waals surface area contributed by atoms with E-state index in [0.717, 1.165) is 19.3 Å². The lowest BCUT2D eigenvalue weighted by Gasteiger charge is -2.18. The zero-order chi connectivity index (χ0) is 17.3. The van der Waals surface area contributed by atoms with E-state index in [9.17, 15) is 4.79 Å². The first-order valence-corrected chi connectivity index (χ1v) is 8.66. The van der Waals surface area contributed by atoms with E-state index in [2.05, 4.69) is 15.4 Å². The molecule has 0 aliphatic heterocycles. The van der Waals surface area contributed by atoms with Crippen LogP contribution >= 0.6 is 23.2 Å². The molecule has 1 aromatic heterocycles. The average Bonchev–Trinajstić information content (AvgIpc) is 3.14. The van der Waals surface area contributed by atoms with Crippen LogP contribution in [0.15, 0.2) is 18.2 Å². The Hall–Kier alpha value is -1.63. The van der Waals surface area contributed by atoms with E-state index in [1.54, 1.807) is 25.1 Å². The van der Waals surface area contributed by atoms with Gasteiger partial charge >= 0.3 is 0 Å². The van der Waals surface area contributed by atoms with Crippen molar-refractivity contribution in [3.63, 3.8) is 0 Å². The molecule has 2 unspecified atom stereocenters. The van der Waals surface area contributed by atoms with Crippen LogP contribution in [0.2, 0.25) is 10.0 Å². The fourth-order valence-corrected chi connectivity index (χ4v) is 3.69. The Kier molecular flexibility index (Phi) is 5.08. The summed E-state index contributed by atoms with van der Waals surface area (Å²) in [5.41, 5.74) is 6.28. The van der Waals surface area contributed by atoms with Gasteiger partial charge in [-0.3, -0.25) is 4.79 Å². The first-order chi connectivity index (χ1) is 11.5. The van der Waals surface area contributed by atoms with E-state index in [0.29, 0.717) is 34.0 Å². The Labute approximate surface area is 150 Å². The fraction of sp³-hybridized carbons (Fsp3) is 0.438. The van der Waals surface area contributed by atoms with Crippen LogP contribution in [0, 0.1) is 12.8 Å². The maximum Gasteiger partial charge on any atom is 0.291 e. The summed E-state index contributed by atoms with van der Waals surface area (Å²) in [4.78, 5) is 16.7. The number of nitrogens with one attached hydrogen (secondary N) is 1. The van der Waals surface area contributed by atoms with Crippen LogP contribution in [0.4, 0.5) is 0 Å². The van der Waals surface area contributed by atoms with Crippen LogP contribution in [-0.2, 0) is 0 Å². The van der Waals surface area contributed by atoms with Crippen LogP contribution in [0.5, 0.6) is 0 Å². The Morgan fingerprint density at radius 2 is 2.08 bits per heavy atom.